The summed E-state index contributed by atoms with van der Waals surface area (Å²) in [4.78, 5) is 15.9. The number of nitrogens with two attached hydrogens (primary N) is 1. The highest BCUT2D eigenvalue weighted by Crippen LogP contribution is 2.18. The zero-order valence-electron chi connectivity index (χ0n) is 9.90. The van der Waals surface area contributed by atoms with Gasteiger partial charge < -0.3 is 5.73 Å². The molecule has 1 aromatic rings. The molecule has 4 heteroatoms. The number of Topliss-reactive ketones (excluding diaryl/α,β-unsaturated/α-hetero) is 1. The molecule has 2 N–H and O–H groups in total. The van der Waals surface area contributed by atoms with Crippen LogP contribution < -0.4 is 5.73 Å². The van der Waals surface area contributed by atoms with E-state index in [9.17, 15) is 4.79 Å². The van der Waals surface area contributed by atoms with Crippen LogP contribution in [-0.4, -0.2) is 17.4 Å². The zero-order valence-corrected chi connectivity index (χ0v) is 10.7. The molecule has 0 aliphatic heterocycles. The van der Waals surface area contributed by atoms with Gasteiger partial charge in [0.1, 0.15) is 0 Å². The predicted molar refractivity (Wildman–Crippen MR) is 71.9 cm³/mol. The summed E-state index contributed by atoms with van der Waals surface area (Å²) >= 11 is 5.50. The van der Waals surface area contributed by atoms with Crippen molar-refractivity contribution in [3.63, 3.8) is 0 Å². The maximum absolute atomic E-state index is 11.5. The van der Waals surface area contributed by atoms with Gasteiger partial charge in [-0.15, -0.1) is 11.6 Å². The van der Waals surface area contributed by atoms with Gasteiger partial charge in [0.25, 0.3) is 0 Å². The molecule has 0 radical (unpaired) electrons. The van der Waals surface area contributed by atoms with Crippen LogP contribution in [0.2, 0.25) is 0 Å². The number of alkyl halides is 1. The number of allylic oxidation sites excluding steroid dienone is 1. The second kappa shape index (κ2) is 6.21. The molecule has 0 aliphatic carbocycles. The van der Waals surface area contributed by atoms with Crippen molar-refractivity contribution in [2.75, 3.05) is 5.88 Å². The summed E-state index contributed by atoms with van der Waals surface area (Å²) in [6, 6.07) is 7.68. The standard InChI is InChI=1S/C13H15ClN2O/c1-9-5-3-4-6-12(9)16-10(2)11(8-15)13(17)7-14/h3-6,8H,7,15H2,1-2H3. The number of benzene rings is 1. The molecule has 0 spiro atoms. The second-order valence-corrected chi connectivity index (χ2v) is 3.89. The molecule has 0 aliphatic rings. The van der Waals surface area contributed by atoms with Crippen LogP contribution in [0, 0.1) is 6.92 Å². The SMILES string of the molecule is CC(=Nc1ccccc1C)C(=CN)C(=O)CCl. The van der Waals surface area contributed by atoms with Crippen molar-refractivity contribution in [2.24, 2.45) is 10.7 Å². The fraction of sp³-hybridized carbons (Fsp3) is 0.231. The molecular formula is C13H15ClN2O. The van der Waals surface area contributed by atoms with E-state index in [4.69, 9.17) is 17.3 Å². The third-order valence-corrected chi connectivity index (χ3v) is 2.62. The summed E-state index contributed by atoms with van der Waals surface area (Å²) < 4.78 is 0. The van der Waals surface area contributed by atoms with E-state index in [1.54, 1.807) is 6.92 Å². The van der Waals surface area contributed by atoms with Gasteiger partial charge >= 0.3 is 0 Å². The van der Waals surface area contributed by atoms with Crippen molar-refractivity contribution in [3.8, 4) is 0 Å². The molecule has 3 nitrogen and oxygen atoms in total. The summed E-state index contributed by atoms with van der Waals surface area (Å²) in [6.45, 7) is 3.71. The highest BCUT2D eigenvalue weighted by atomic mass is 35.5. The third-order valence-electron chi connectivity index (χ3n) is 2.38. The number of rotatable bonds is 4. The first-order valence-electron chi connectivity index (χ1n) is 5.22. The van der Waals surface area contributed by atoms with E-state index in [0.717, 1.165) is 11.3 Å². The average molecular weight is 251 g/mol. The maximum Gasteiger partial charge on any atom is 0.180 e. The van der Waals surface area contributed by atoms with Crippen LogP contribution >= 0.6 is 11.6 Å². The van der Waals surface area contributed by atoms with E-state index in [2.05, 4.69) is 4.99 Å². The molecule has 0 fully saturated rings. The van der Waals surface area contributed by atoms with Crippen molar-refractivity contribution in [1.82, 2.24) is 0 Å². The lowest BCUT2D eigenvalue weighted by atomic mass is 10.1. The Labute approximate surface area is 106 Å². The van der Waals surface area contributed by atoms with Crippen LogP contribution in [0.1, 0.15) is 12.5 Å². The molecule has 17 heavy (non-hydrogen) atoms. The third kappa shape index (κ3) is 3.43. The Balaban J connectivity index is 3.08. The number of halogens is 1. The summed E-state index contributed by atoms with van der Waals surface area (Å²) in [5.74, 6) is -0.312. The Bertz CT molecular complexity index is 478. The topological polar surface area (TPSA) is 55.4 Å². The van der Waals surface area contributed by atoms with E-state index in [-0.39, 0.29) is 11.7 Å². The number of carbonyl (C=O) groups excluding carboxylic acids is 1. The van der Waals surface area contributed by atoms with Crippen LogP contribution in [0.15, 0.2) is 41.0 Å². The average Bonchev–Trinajstić information content (AvgIpc) is 2.32. The second-order valence-electron chi connectivity index (χ2n) is 3.62. The van der Waals surface area contributed by atoms with Crippen molar-refractivity contribution >= 4 is 28.8 Å². The normalized spacial score (nSPS) is 12.6. The first-order valence-corrected chi connectivity index (χ1v) is 5.76. The lowest BCUT2D eigenvalue weighted by molar-refractivity contribution is -0.112. The summed E-state index contributed by atoms with van der Waals surface area (Å²) in [6.07, 6.45) is 1.25. The molecule has 90 valence electrons. The highest BCUT2D eigenvalue weighted by Gasteiger charge is 2.11. The Morgan fingerprint density at radius 3 is 2.65 bits per heavy atom. The molecular weight excluding hydrogens is 236 g/mol. The molecule has 0 saturated carbocycles. The van der Waals surface area contributed by atoms with Crippen LogP contribution in [0.3, 0.4) is 0 Å². The zero-order chi connectivity index (χ0) is 12.8. The van der Waals surface area contributed by atoms with Crippen LogP contribution in [0.25, 0.3) is 0 Å². The van der Waals surface area contributed by atoms with Gasteiger partial charge in [-0.3, -0.25) is 9.79 Å². The fourth-order valence-electron chi connectivity index (χ4n) is 1.42. The summed E-state index contributed by atoms with van der Waals surface area (Å²) in [7, 11) is 0. The molecule has 0 unspecified atom stereocenters. The Kier molecular flexibility index (Phi) is 4.91. The molecule has 0 saturated heterocycles. The summed E-state index contributed by atoms with van der Waals surface area (Å²) in [5.41, 5.74) is 8.23. The molecule has 1 rings (SSSR count). The van der Waals surface area contributed by atoms with Crippen molar-refractivity contribution in [1.29, 1.82) is 0 Å². The molecule has 0 aromatic heterocycles. The lowest BCUT2D eigenvalue weighted by Gasteiger charge is -2.05. The minimum absolute atomic E-state index is 0.0936. The quantitative estimate of drug-likeness (QED) is 0.508. The van der Waals surface area contributed by atoms with Crippen molar-refractivity contribution in [2.45, 2.75) is 13.8 Å². The Morgan fingerprint density at radius 1 is 1.47 bits per heavy atom. The number of ketones is 1. The van der Waals surface area contributed by atoms with Crippen LogP contribution in [0.4, 0.5) is 5.69 Å². The van der Waals surface area contributed by atoms with E-state index in [1.165, 1.54) is 6.20 Å². The molecule has 1 aromatic carbocycles. The van der Waals surface area contributed by atoms with Crippen LogP contribution in [-0.2, 0) is 4.79 Å². The van der Waals surface area contributed by atoms with Gasteiger partial charge in [0.2, 0.25) is 0 Å². The number of hydrogen-bond donors (Lipinski definition) is 1. The number of hydrogen-bond acceptors (Lipinski definition) is 3. The number of carbonyl (C=O) groups is 1. The van der Waals surface area contributed by atoms with Crippen molar-refractivity contribution in [3.05, 3.63) is 41.6 Å². The largest absolute Gasteiger partial charge is 0.404 e. The Hall–Kier alpha value is -1.61. The number of nitrogens with zero attached hydrogens (tertiary/aromatic N) is 1. The van der Waals surface area contributed by atoms with Gasteiger partial charge in [-0.25, -0.2) is 0 Å². The maximum atomic E-state index is 11.5. The van der Waals surface area contributed by atoms with Gasteiger partial charge in [0.05, 0.1) is 22.9 Å². The molecule has 0 amide bonds. The highest BCUT2D eigenvalue weighted by molar-refractivity contribution is 6.35. The minimum Gasteiger partial charge on any atom is -0.404 e. The molecule has 0 atom stereocenters. The monoisotopic (exact) mass is 250 g/mol. The lowest BCUT2D eigenvalue weighted by Crippen LogP contribution is -2.13. The summed E-state index contributed by atoms with van der Waals surface area (Å²) in [5, 5.41) is 0. The van der Waals surface area contributed by atoms with E-state index < -0.39 is 0 Å². The van der Waals surface area contributed by atoms with Gasteiger partial charge in [0, 0.05) is 6.20 Å². The smallest absolute Gasteiger partial charge is 0.180 e. The van der Waals surface area contributed by atoms with E-state index >= 15 is 0 Å². The fourth-order valence-corrected chi connectivity index (χ4v) is 1.56. The van der Waals surface area contributed by atoms with Gasteiger partial charge in [-0.05, 0) is 25.5 Å². The molecule has 0 bridgehead atoms. The number of para-hydroxylation sites is 1. The van der Waals surface area contributed by atoms with Gasteiger partial charge in [-0.2, -0.15) is 0 Å². The van der Waals surface area contributed by atoms with Crippen LogP contribution in [0.5, 0.6) is 0 Å². The minimum atomic E-state index is -0.219. The van der Waals surface area contributed by atoms with Gasteiger partial charge in [0.15, 0.2) is 5.78 Å². The predicted octanol–water partition coefficient (Wildman–Crippen LogP) is 2.74. The van der Waals surface area contributed by atoms with Gasteiger partial charge in [-0.1, -0.05) is 18.2 Å². The number of aliphatic imine (C=N–C) groups is 1. The first kappa shape index (κ1) is 13.5. The Morgan fingerprint density at radius 2 is 2.12 bits per heavy atom. The number of aryl methyl sites for hydroxylation is 1. The first-order chi connectivity index (χ1) is 8.10. The van der Waals surface area contributed by atoms with E-state index in [1.807, 2.05) is 31.2 Å². The molecule has 0 heterocycles. The van der Waals surface area contributed by atoms with Crippen molar-refractivity contribution < 1.29 is 4.79 Å². The van der Waals surface area contributed by atoms with E-state index in [0.29, 0.717) is 11.3 Å².